The molecule has 2 fully saturated rings. The topological polar surface area (TPSA) is 80.5 Å². The van der Waals surface area contributed by atoms with Crippen LogP contribution < -0.4 is 5.32 Å². The van der Waals surface area contributed by atoms with Crippen molar-refractivity contribution in [1.29, 1.82) is 0 Å². The molecule has 2 aliphatic rings. The summed E-state index contributed by atoms with van der Waals surface area (Å²) in [5.41, 5.74) is 2.13. The summed E-state index contributed by atoms with van der Waals surface area (Å²) in [5.74, 6) is 1.51. The molecule has 0 aliphatic carbocycles. The number of nitrogens with zero attached hydrogens (tertiary/aromatic N) is 3. The van der Waals surface area contributed by atoms with Crippen molar-refractivity contribution in [3.63, 3.8) is 0 Å². The average molecular weight is 384 g/mol. The summed E-state index contributed by atoms with van der Waals surface area (Å²) in [5, 5.41) is 7.19. The zero-order valence-electron chi connectivity index (χ0n) is 16.4. The summed E-state index contributed by atoms with van der Waals surface area (Å²) in [6.45, 7) is 5.85. The van der Waals surface area contributed by atoms with Crippen molar-refractivity contribution in [2.75, 3.05) is 26.2 Å². The molecule has 0 bridgehead atoms. The standard InChI is InChI=1S/C21H28N4O3/c1-15-5-2-3-7-18(15)20-23-19(28-24-20)14-25-10-8-16(9-11-25)21(26)22-13-17-6-4-12-27-17/h2-3,5,7,16-17H,4,6,8-14H2,1H3,(H,22,26). The first-order valence-corrected chi connectivity index (χ1v) is 10.2. The van der Waals surface area contributed by atoms with E-state index in [-0.39, 0.29) is 17.9 Å². The van der Waals surface area contributed by atoms with Gasteiger partial charge in [0.2, 0.25) is 17.6 Å². The molecule has 1 aromatic carbocycles. The lowest BCUT2D eigenvalue weighted by Gasteiger charge is -2.30. The van der Waals surface area contributed by atoms with E-state index in [0.717, 1.165) is 56.5 Å². The monoisotopic (exact) mass is 384 g/mol. The van der Waals surface area contributed by atoms with Gasteiger partial charge >= 0.3 is 0 Å². The molecule has 1 amide bonds. The Balaban J connectivity index is 1.24. The minimum Gasteiger partial charge on any atom is -0.376 e. The number of carbonyl (C=O) groups excluding carboxylic acids is 1. The summed E-state index contributed by atoms with van der Waals surface area (Å²) >= 11 is 0. The van der Waals surface area contributed by atoms with Crippen molar-refractivity contribution in [3.8, 4) is 11.4 Å². The molecule has 1 atom stereocenters. The Morgan fingerprint density at radius 3 is 2.82 bits per heavy atom. The Morgan fingerprint density at radius 1 is 1.25 bits per heavy atom. The van der Waals surface area contributed by atoms with E-state index >= 15 is 0 Å². The highest BCUT2D eigenvalue weighted by atomic mass is 16.5. The maximum atomic E-state index is 12.4. The van der Waals surface area contributed by atoms with E-state index < -0.39 is 0 Å². The first kappa shape index (κ1) is 19.1. The Bertz CT molecular complexity index is 792. The van der Waals surface area contributed by atoms with Crippen LogP contribution in [0, 0.1) is 12.8 Å². The summed E-state index contributed by atoms with van der Waals surface area (Å²) in [4.78, 5) is 19.2. The van der Waals surface area contributed by atoms with Crippen LogP contribution in [-0.4, -0.2) is 53.3 Å². The summed E-state index contributed by atoms with van der Waals surface area (Å²) in [6.07, 6.45) is 4.06. The van der Waals surface area contributed by atoms with Gasteiger partial charge in [-0.05, 0) is 51.3 Å². The third-order valence-corrected chi connectivity index (χ3v) is 5.70. The number of aryl methyl sites for hydroxylation is 1. The molecule has 4 rings (SSSR count). The largest absolute Gasteiger partial charge is 0.376 e. The Kier molecular flexibility index (Phi) is 6.02. The summed E-state index contributed by atoms with van der Waals surface area (Å²) < 4.78 is 11.0. The number of ether oxygens (including phenoxy) is 1. The fourth-order valence-electron chi connectivity index (χ4n) is 3.96. The van der Waals surface area contributed by atoms with E-state index in [1.807, 2.05) is 31.2 Å². The van der Waals surface area contributed by atoms with Gasteiger partial charge in [-0.25, -0.2) is 0 Å². The van der Waals surface area contributed by atoms with E-state index in [9.17, 15) is 4.79 Å². The second kappa shape index (κ2) is 8.84. The fraction of sp³-hybridized carbons (Fsp3) is 0.571. The average Bonchev–Trinajstić information content (AvgIpc) is 3.39. The summed E-state index contributed by atoms with van der Waals surface area (Å²) in [6, 6.07) is 8.03. The number of carbonyl (C=O) groups is 1. The molecule has 7 nitrogen and oxygen atoms in total. The number of likely N-dealkylation sites (tertiary alicyclic amines) is 1. The number of hydrogen-bond acceptors (Lipinski definition) is 6. The Labute approximate surface area is 165 Å². The van der Waals surface area contributed by atoms with Gasteiger partial charge in [0.05, 0.1) is 12.6 Å². The quantitative estimate of drug-likeness (QED) is 0.824. The molecule has 1 aromatic heterocycles. The summed E-state index contributed by atoms with van der Waals surface area (Å²) in [7, 11) is 0. The molecule has 1 unspecified atom stereocenters. The van der Waals surface area contributed by atoms with Crippen molar-refractivity contribution in [3.05, 3.63) is 35.7 Å². The third-order valence-electron chi connectivity index (χ3n) is 5.70. The first-order chi connectivity index (χ1) is 13.7. The van der Waals surface area contributed by atoms with Crippen LogP contribution >= 0.6 is 0 Å². The van der Waals surface area contributed by atoms with Gasteiger partial charge in [-0.2, -0.15) is 4.98 Å². The number of aromatic nitrogens is 2. The molecule has 1 N–H and O–H groups in total. The van der Waals surface area contributed by atoms with Gasteiger partial charge in [0.15, 0.2) is 0 Å². The van der Waals surface area contributed by atoms with Crippen LogP contribution in [0.1, 0.15) is 37.1 Å². The number of nitrogens with one attached hydrogen (secondary N) is 1. The number of hydrogen-bond donors (Lipinski definition) is 1. The van der Waals surface area contributed by atoms with Crippen molar-refractivity contribution >= 4 is 5.91 Å². The molecule has 0 radical (unpaired) electrons. The normalized spacial score (nSPS) is 21.1. The smallest absolute Gasteiger partial charge is 0.241 e. The van der Waals surface area contributed by atoms with E-state index in [2.05, 4.69) is 20.4 Å². The van der Waals surface area contributed by atoms with Gasteiger partial charge in [-0.15, -0.1) is 0 Å². The minimum atomic E-state index is 0.0860. The third kappa shape index (κ3) is 4.59. The van der Waals surface area contributed by atoms with Gasteiger partial charge in [0.25, 0.3) is 0 Å². The van der Waals surface area contributed by atoms with Crippen LogP contribution in [0.15, 0.2) is 28.8 Å². The second-order valence-electron chi connectivity index (χ2n) is 7.76. The van der Waals surface area contributed by atoms with Crippen molar-refractivity contribution in [2.45, 2.75) is 45.3 Å². The number of benzene rings is 1. The van der Waals surface area contributed by atoms with E-state index in [0.29, 0.717) is 24.8 Å². The molecule has 2 aliphatic heterocycles. The van der Waals surface area contributed by atoms with E-state index in [1.165, 1.54) is 0 Å². The van der Waals surface area contributed by atoms with Gasteiger partial charge in [0.1, 0.15) is 0 Å². The SMILES string of the molecule is Cc1ccccc1-c1noc(CN2CCC(C(=O)NCC3CCCO3)CC2)n1. The molecule has 28 heavy (non-hydrogen) atoms. The van der Waals surface area contributed by atoms with E-state index in [4.69, 9.17) is 9.26 Å². The van der Waals surface area contributed by atoms with Gasteiger partial charge in [-0.1, -0.05) is 29.4 Å². The lowest BCUT2D eigenvalue weighted by Crippen LogP contribution is -2.42. The maximum absolute atomic E-state index is 12.4. The lowest BCUT2D eigenvalue weighted by molar-refractivity contribution is -0.127. The highest BCUT2D eigenvalue weighted by Crippen LogP contribution is 2.22. The Morgan fingerprint density at radius 2 is 2.07 bits per heavy atom. The van der Waals surface area contributed by atoms with Crippen LogP contribution in [0.3, 0.4) is 0 Å². The predicted octanol–water partition coefficient (Wildman–Crippen LogP) is 2.55. The molecule has 150 valence electrons. The van der Waals surface area contributed by atoms with Crippen LogP contribution in [0.25, 0.3) is 11.4 Å². The van der Waals surface area contributed by atoms with Gasteiger partial charge in [0, 0.05) is 24.6 Å². The molecule has 0 saturated carbocycles. The molecule has 3 heterocycles. The highest BCUT2D eigenvalue weighted by molar-refractivity contribution is 5.78. The molecule has 2 aromatic rings. The molecule has 2 saturated heterocycles. The zero-order valence-corrected chi connectivity index (χ0v) is 16.4. The predicted molar refractivity (Wildman–Crippen MR) is 104 cm³/mol. The van der Waals surface area contributed by atoms with E-state index in [1.54, 1.807) is 0 Å². The first-order valence-electron chi connectivity index (χ1n) is 10.2. The molecule has 0 spiro atoms. The highest BCUT2D eigenvalue weighted by Gasteiger charge is 2.27. The molecular weight excluding hydrogens is 356 g/mol. The fourth-order valence-corrected chi connectivity index (χ4v) is 3.96. The Hall–Kier alpha value is -2.25. The van der Waals surface area contributed by atoms with Crippen LogP contribution in [-0.2, 0) is 16.1 Å². The van der Waals surface area contributed by atoms with Crippen molar-refractivity contribution < 1.29 is 14.1 Å². The van der Waals surface area contributed by atoms with Crippen LogP contribution in [0.4, 0.5) is 0 Å². The molecular formula is C21H28N4O3. The van der Waals surface area contributed by atoms with Gasteiger partial charge < -0.3 is 14.6 Å². The number of rotatable bonds is 6. The number of amides is 1. The zero-order chi connectivity index (χ0) is 19.3. The number of piperidine rings is 1. The van der Waals surface area contributed by atoms with Crippen LogP contribution in [0.2, 0.25) is 0 Å². The second-order valence-corrected chi connectivity index (χ2v) is 7.76. The van der Waals surface area contributed by atoms with Crippen LogP contribution in [0.5, 0.6) is 0 Å². The minimum absolute atomic E-state index is 0.0860. The maximum Gasteiger partial charge on any atom is 0.241 e. The molecule has 7 heteroatoms. The lowest BCUT2D eigenvalue weighted by atomic mass is 9.96. The van der Waals surface area contributed by atoms with Gasteiger partial charge in [-0.3, -0.25) is 9.69 Å². The van der Waals surface area contributed by atoms with Crippen molar-refractivity contribution in [1.82, 2.24) is 20.4 Å². The van der Waals surface area contributed by atoms with Crippen molar-refractivity contribution in [2.24, 2.45) is 5.92 Å².